The normalized spacial score (nSPS) is 13.6. The molecule has 1 aliphatic rings. The second kappa shape index (κ2) is 7.11. The summed E-state index contributed by atoms with van der Waals surface area (Å²) in [5.41, 5.74) is 2.05. The van der Waals surface area contributed by atoms with Gasteiger partial charge in [-0.05, 0) is 30.5 Å². The lowest BCUT2D eigenvalue weighted by Crippen LogP contribution is -2.36. The van der Waals surface area contributed by atoms with E-state index >= 15 is 0 Å². The molecule has 0 aliphatic carbocycles. The van der Waals surface area contributed by atoms with Crippen LogP contribution in [0.15, 0.2) is 58.3 Å². The van der Waals surface area contributed by atoms with Crippen molar-refractivity contribution in [1.82, 2.24) is 0 Å². The number of rotatable bonds is 4. The number of hydrogen-bond acceptors (Lipinski definition) is 4. The zero-order chi connectivity index (χ0) is 15.4. The van der Waals surface area contributed by atoms with Gasteiger partial charge in [-0.2, -0.15) is 0 Å². The molecule has 5 heteroatoms. The summed E-state index contributed by atoms with van der Waals surface area (Å²) in [6.07, 6.45) is 2.02. The Hall–Kier alpha value is -1.59. The van der Waals surface area contributed by atoms with Crippen LogP contribution in [0.25, 0.3) is 0 Å². The summed E-state index contributed by atoms with van der Waals surface area (Å²) < 4.78 is 0. The SMILES string of the molecule is CSc1ccccc1NC(=O)CN1CCSc2ccccc21. The molecule has 1 heterocycles. The monoisotopic (exact) mass is 330 g/mol. The number of anilines is 2. The first-order chi connectivity index (χ1) is 10.8. The van der Waals surface area contributed by atoms with Crippen molar-refractivity contribution in [3.8, 4) is 0 Å². The van der Waals surface area contributed by atoms with Gasteiger partial charge in [0.15, 0.2) is 0 Å². The van der Waals surface area contributed by atoms with Crippen LogP contribution in [-0.2, 0) is 4.79 Å². The van der Waals surface area contributed by atoms with Crippen molar-refractivity contribution < 1.29 is 4.79 Å². The third-order valence-corrected chi connectivity index (χ3v) is 5.38. The predicted molar refractivity (Wildman–Crippen MR) is 96.2 cm³/mol. The van der Waals surface area contributed by atoms with Crippen molar-refractivity contribution in [1.29, 1.82) is 0 Å². The van der Waals surface area contributed by atoms with Crippen LogP contribution >= 0.6 is 23.5 Å². The lowest BCUT2D eigenvalue weighted by Gasteiger charge is -2.30. The second-order valence-corrected chi connectivity index (χ2v) is 6.97. The maximum absolute atomic E-state index is 12.4. The van der Waals surface area contributed by atoms with E-state index < -0.39 is 0 Å². The molecule has 114 valence electrons. The number of nitrogens with one attached hydrogen (secondary N) is 1. The van der Waals surface area contributed by atoms with Gasteiger partial charge in [0.25, 0.3) is 0 Å². The number of carbonyl (C=O) groups is 1. The topological polar surface area (TPSA) is 32.3 Å². The standard InChI is InChI=1S/C17H18N2OS2/c1-21-15-8-4-2-6-13(15)18-17(20)12-19-10-11-22-16-9-5-3-7-14(16)19/h2-9H,10-12H2,1H3,(H,18,20). The van der Waals surface area contributed by atoms with E-state index in [1.807, 2.05) is 54.4 Å². The average molecular weight is 330 g/mol. The van der Waals surface area contributed by atoms with E-state index in [1.165, 1.54) is 4.90 Å². The molecule has 1 amide bonds. The van der Waals surface area contributed by atoms with Crippen molar-refractivity contribution in [2.75, 3.05) is 35.3 Å². The molecule has 1 N–H and O–H groups in total. The summed E-state index contributed by atoms with van der Waals surface area (Å²) in [6, 6.07) is 16.2. The Morgan fingerprint density at radius 2 is 2.00 bits per heavy atom. The van der Waals surface area contributed by atoms with E-state index in [2.05, 4.69) is 22.3 Å². The van der Waals surface area contributed by atoms with Crippen molar-refractivity contribution in [3.05, 3.63) is 48.5 Å². The Morgan fingerprint density at radius 1 is 1.23 bits per heavy atom. The van der Waals surface area contributed by atoms with Gasteiger partial charge >= 0.3 is 0 Å². The van der Waals surface area contributed by atoms with E-state index in [4.69, 9.17) is 0 Å². The van der Waals surface area contributed by atoms with Gasteiger partial charge in [-0.1, -0.05) is 24.3 Å². The van der Waals surface area contributed by atoms with Crippen molar-refractivity contribution in [3.63, 3.8) is 0 Å². The van der Waals surface area contributed by atoms with E-state index in [0.29, 0.717) is 6.54 Å². The summed E-state index contributed by atoms with van der Waals surface area (Å²) in [7, 11) is 0. The molecule has 0 radical (unpaired) electrons. The Labute approximate surface area is 139 Å². The first-order valence-electron chi connectivity index (χ1n) is 7.17. The Morgan fingerprint density at radius 3 is 2.86 bits per heavy atom. The van der Waals surface area contributed by atoms with Gasteiger partial charge in [0.1, 0.15) is 0 Å². The first kappa shape index (κ1) is 15.3. The molecule has 0 aromatic heterocycles. The smallest absolute Gasteiger partial charge is 0.243 e. The van der Waals surface area contributed by atoms with Gasteiger partial charge in [-0.15, -0.1) is 23.5 Å². The van der Waals surface area contributed by atoms with E-state index in [0.717, 1.165) is 28.6 Å². The van der Waals surface area contributed by atoms with Gasteiger partial charge in [0.05, 0.1) is 17.9 Å². The molecule has 1 aliphatic heterocycles. The fraction of sp³-hybridized carbons (Fsp3) is 0.235. The summed E-state index contributed by atoms with van der Waals surface area (Å²) in [5, 5.41) is 3.03. The molecule has 2 aromatic carbocycles. The molecular weight excluding hydrogens is 312 g/mol. The van der Waals surface area contributed by atoms with Crippen LogP contribution in [0.2, 0.25) is 0 Å². The highest BCUT2D eigenvalue weighted by atomic mass is 32.2. The minimum Gasteiger partial charge on any atom is -0.360 e. The van der Waals surface area contributed by atoms with E-state index in [-0.39, 0.29) is 5.91 Å². The third kappa shape index (κ3) is 3.42. The van der Waals surface area contributed by atoms with Gasteiger partial charge in [-0.3, -0.25) is 4.79 Å². The highest BCUT2D eigenvalue weighted by Crippen LogP contribution is 2.34. The van der Waals surface area contributed by atoms with Crippen LogP contribution in [-0.4, -0.2) is 31.0 Å². The van der Waals surface area contributed by atoms with E-state index in [9.17, 15) is 4.79 Å². The average Bonchev–Trinajstić information content (AvgIpc) is 2.55. The number of amides is 1. The molecular formula is C17H18N2OS2. The number of hydrogen-bond donors (Lipinski definition) is 1. The molecule has 3 rings (SSSR count). The second-order valence-electron chi connectivity index (χ2n) is 4.99. The third-order valence-electron chi connectivity index (χ3n) is 3.54. The molecule has 2 aromatic rings. The maximum atomic E-state index is 12.4. The Bertz CT molecular complexity index is 675. The maximum Gasteiger partial charge on any atom is 0.243 e. The lowest BCUT2D eigenvalue weighted by molar-refractivity contribution is -0.115. The lowest BCUT2D eigenvalue weighted by atomic mass is 10.2. The molecule has 0 fully saturated rings. The molecule has 0 saturated heterocycles. The Kier molecular flexibility index (Phi) is 4.95. The molecule has 0 saturated carbocycles. The number of benzene rings is 2. The number of carbonyl (C=O) groups excluding carboxylic acids is 1. The first-order valence-corrected chi connectivity index (χ1v) is 9.38. The zero-order valence-electron chi connectivity index (χ0n) is 12.4. The highest BCUT2D eigenvalue weighted by molar-refractivity contribution is 7.99. The summed E-state index contributed by atoms with van der Waals surface area (Å²) in [5.74, 6) is 1.05. The quantitative estimate of drug-likeness (QED) is 0.860. The van der Waals surface area contributed by atoms with Crippen molar-refractivity contribution >= 4 is 40.8 Å². The molecule has 3 nitrogen and oxygen atoms in total. The fourth-order valence-electron chi connectivity index (χ4n) is 2.50. The molecule has 22 heavy (non-hydrogen) atoms. The summed E-state index contributed by atoms with van der Waals surface area (Å²) in [6.45, 7) is 1.29. The van der Waals surface area contributed by atoms with Crippen LogP contribution in [0, 0.1) is 0 Å². The van der Waals surface area contributed by atoms with Crippen LogP contribution in [0.3, 0.4) is 0 Å². The van der Waals surface area contributed by atoms with Gasteiger partial charge in [0, 0.05) is 22.1 Å². The highest BCUT2D eigenvalue weighted by Gasteiger charge is 2.19. The van der Waals surface area contributed by atoms with Gasteiger partial charge < -0.3 is 10.2 Å². The minimum absolute atomic E-state index is 0.0307. The van der Waals surface area contributed by atoms with Crippen molar-refractivity contribution in [2.24, 2.45) is 0 Å². The number of nitrogens with zero attached hydrogens (tertiary/aromatic N) is 1. The number of para-hydroxylation sites is 2. The predicted octanol–water partition coefficient (Wildman–Crippen LogP) is 3.96. The molecule has 0 spiro atoms. The summed E-state index contributed by atoms with van der Waals surface area (Å²) >= 11 is 3.49. The van der Waals surface area contributed by atoms with Crippen LogP contribution in [0.1, 0.15) is 0 Å². The van der Waals surface area contributed by atoms with Crippen molar-refractivity contribution in [2.45, 2.75) is 9.79 Å². The molecule has 0 unspecified atom stereocenters. The number of thioether (sulfide) groups is 2. The largest absolute Gasteiger partial charge is 0.360 e. The van der Waals surface area contributed by atoms with Gasteiger partial charge in [-0.25, -0.2) is 0 Å². The van der Waals surface area contributed by atoms with Crippen LogP contribution in [0.4, 0.5) is 11.4 Å². The Balaban J connectivity index is 1.70. The number of fused-ring (bicyclic) bond motifs is 1. The van der Waals surface area contributed by atoms with Crippen LogP contribution < -0.4 is 10.2 Å². The summed E-state index contributed by atoms with van der Waals surface area (Å²) in [4.78, 5) is 16.9. The van der Waals surface area contributed by atoms with E-state index in [1.54, 1.807) is 11.8 Å². The fourth-order valence-corrected chi connectivity index (χ4v) is 4.11. The molecule has 0 atom stereocenters. The van der Waals surface area contributed by atoms with Crippen LogP contribution in [0.5, 0.6) is 0 Å². The molecule has 0 bridgehead atoms. The van der Waals surface area contributed by atoms with Gasteiger partial charge in [0.2, 0.25) is 5.91 Å². The minimum atomic E-state index is 0.0307. The zero-order valence-corrected chi connectivity index (χ0v) is 14.0.